The van der Waals surface area contributed by atoms with Crippen molar-refractivity contribution < 1.29 is 24.3 Å². The smallest absolute Gasteiger partial charge is 0.362 e. The quantitative estimate of drug-likeness (QED) is 0.416. The summed E-state index contributed by atoms with van der Waals surface area (Å²) in [6.45, 7) is 3.50. The first-order valence-corrected chi connectivity index (χ1v) is 6.43. The summed E-state index contributed by atoms with van der Waals surface area (Å²) in [4.78, 5) is 30.9. The third-order valence-corrected chi connectivity index (χ3v) is 2.48. The van der Waals surface area contributed by atoms with Crippen LogP contribution in [0.3, 0.4) is 0 Å². The van der Waals surface area contributed by atoms with Crippen molar-refractivity contribution in [2.24, 2.45) is 5.16 Å². The van der Waals surface area contributed by atoms with Crippen molar-refractivity contribution in [2.45, 2.75) is 26.4 Å². The van der Waals surface area contributed by atoms with E-state index in [2.05, 4.69) is 14.5 Å². The van der Waals surface area contributed by atoms with E-state index in [1.165, 1.54) is 0 Å². The van der Waals surface area contributed by atoms with E-state index in [4.69, 9.17) is 20.4 Å². The van der Waals surface area contributed by atoms with Gasteiger partial charge in [0.2, 0.25) is 11.5 Å². The van der Waals surface area contributed by atoms with Gasteiger partial charge in [0.05, 0.1) is 13.0 Å². The van der Waals surface area contributed by atoms with Crippen LogP contribution in [0.25, 0.3) is 0 Å². The van der Waals surface area contributed by atoms with Crippen molar-refractivity contribution in [3.63, 3.8) is 0 Å². The zero-order valence-corrected chi connectivity index (χ0v) is 11.7. The lowest BCUT2D eigenvalue weighted by molar-refractivity contribution is -0.146. The van der Waals surface area contributed by atoms with Gasteiger partial charge in [0, 0.05) is 11.5 Å². The predicted octanol–water partition coefficient (Wildman–Crippen LogP) is 0.267. The minimum Gasteiger partial charge on any atom is -0.476 e. The van der Waals surface area contributed by atoms with Gasteiger partial charge in [0.15, 0.2) is 5.13 Å². The highest BCUT2D eigenvalue weighted by atomic mass is 32.1. The molecule has 0 fully saturated rings. The molecule has 0 aliphatic carbocycles. The molecule has 0 aromatic carbocycles. The number of carboxylic acids is 1. The summed E-state index contributed by atoms with van der Waals surface area (Å²) in [7, 11) is 0. The summed E-state index contributed by atoms with van der Waals surface area (Å²) in [5.41, 5.74) is 4.89. The van der Waals surface area contributed by atoms with Crippen LogP contribution in [-0.4, -0.2) is 44.8 Å². The number of anilines is 1. The molecular formula is C10H14N4O5S. The second-order valence-corrected chi connectivity index (χ2v) is 4.41. The van der Waals surface area contributed by atoms with Crippen molar-refractivity contribution in [3.05, 3.63) is 5.82 Å². The number of esters is 1. The molecule has 1 heterocycles. The van der Waals surface area contributed by atoms with Gasteiger partial charge >= 0.3 is 11.9 Å². The van der Waals surface area contributed by atoms with Crippen LogP contribution in [-0.2, 0) is 19.2 Å². The number of hydrogen-bond donors (Lipinski definition) is 2. The summed E-state index contributed by atoms with van der Waals surface area (Å²) in [5.74, 6) is -1.95. The van der Waals surface area contributed by atoms with Gasteiger partial charge in [-0.3, -0.25) is 4.79 Å². The number of aromatic nitrogens is 2. The monoisotopic (exact) mass is 302 g/mol. The summed E-state index contributed by atoms with van der Waals surface area (Å²) in [5, 5.41) is 12.6. The van der Waals surface area contributed by atoms with E-state index in [1.807, 2.05) is 0 Å². The topological polar surface area (TPSA) is 137 Å². The van der Waals surface area contributed by atoms with E-state index in [9.17, 15) is 9.59 Å². The van der Waals surface area contributed by atoms with Crippen molar-refractivity contribution in [1.82, 2.24) is 9.36 Å². The molecular weight excluding hydrogens is 288 g/mol. The molecule has 110 valence electrons. The lowest BCUT2D eigenvalue weighted by Gasteiger charge is -2.08. The SMILES string of the molecule is CCOC(=O)CC(C)ON=C(C(=O)O)c1nsc(N)n1. The van der Waals surface area contributed by atoms with Gasteiger partial charge in [-0.05, 0) is 13.8 Å². The average molecular weight is 302 g/mol. The van der Waals surface area contributed by atoms with Crippen molar-refractivity contribution in [2.75, 3.05) is 12.3 Å². The Labute approximate surface area is 118 Å². The van der Waals surface area contributed by atoms with Crippen molar-refractivity contribution >= 4 is 34.3 Å². The summed E-state index contributed by atoms with van der Waals surface area (Å²) < 4.78 is 8.46. The van der Waals surface area contributed by atoms with Gasteiger partial charge in [-0.1, -0.05) is 5.16 Å². The molecule has 10 heteroatoms. The number of oxime groups is 1. The molecule has 0 saturated heterocycles. The van der Waals surface area contributed by atoms with E-state index in [0.29, 0.717) is 0 Å². The highest BCUT2D eigenvalue weighted by Crippen LogP contribution is 2.08. The Morgan fingerprint density at radius 2 is 2.25 bits per heavy atom. The standard InChI is InChI=1S/C10H14N4O5S/c1-3-18-6(15)4-5(2)19-13-7(9(16)17)8-12-10(11)20-14-8/h5H,3-4H2,1-2H3,(H,16,17)(H2,11,12,14). The maximum Gasteiger partial charge on any atom is 0.362 e. The lowest BCUT2D eigenvalue weighted by atomic mass is 10.3. The van der Waals surface area contributed by atoms with Crippen molar-refractivity contribution in [1.29, 1.82) is 0 Å². The average Bonchev–Trinajstić information content (AvgIpc) is 2.75. The number of hydrogen-bond acceptors (Lipinski definition) is 9. The van der Waals surface area contributed by atoms with E-state index in [0.717, 1.165) is 11.5 Å². The zero-order chi connectivity index (χ0) is 15.1. The fraction of sp³-hybridized carbons (Fsp3) is 0.500. The molecule has 0 saturated carbocycles. The molecule has 0 aliphatic rings. The number of carbonyl (C=O) groups is 2. The molecule has 3 N–H and O–H groups in total. The molecule has 0 amide bonds. The first-order valence-electron chi connectivity index (χ1n) is 5.66. The number of aliphatic carboxylic acids is 1. The number of nitrogens with two attached hydrogens (primary N) is 1. The third-order valence-electron chi connectivity index (χ3n) is 1.94. The lowest BCUT2D eigenvalue weighted by Crippen LogP contribution is -2.20. The van der Waals surface area contributed by atoms with Crippen LogP contribution in [0.1, 0.15) is 26.1 Å². The van der Waals surface area contributed by atoms with E-state index >= 15 is 0 Å². The molecule has 1 aromatic heterocycles. The number of carbonyl (C=O) groups excluding carboxylic acids is 1. The summed E-state index contributed by atoms with van der Waals surface area (Å²) in [6, 6.07) is 0. The highest BCUT2D eigenvalue weighted by molar-refractivity contribution is 7.09. The molecule has 1 aromatic rings. The molecule has 0 radical (unpaired) electrons. The summed E-state index contributed by atoms with van der Waals surface area (Å²) >= 11 is 0.844. The Balaban J connectivity index is 2.69. The number of carboxylic acid groups (broad SMARTS) is 1. The zero-order valence-electron chi connectivity index (χ0n) is 10.9. The summed E-state index contributed by atoms with van der Waals surface area (Å²) in [6.07, 6.45) is -0.684. The molecule has 1 unspecified atom stereocenters. The maximum absolute atomic E-state index is 11.2. The third kappa shape index (κ3) is 4.80. The minimum absolute atomic E-state index is 0.0448. The fourth-order valence-electron chi connectivity index (χ4n) is 1.14. The number of nitrogen functional groups attached to an aromatic ring is 1. The predicted molar refractivity (Wildman–Crippen MR) is 70.3 cm³/mol. The molecule has 0 bridgehead atoms. The molecule has 1 rings (SSSR count). The second-order valence-electron chi connectivity index (χ2n) is 3.63. The van der Waals surface area contributed by atoms with Crippen LogP contribution >= 0.6 is 11.5 Å². The van der Waals surface area contributed by atoms with Crippen LogP contribution in [0.4, 0.5) is 5.13 Å². The Bertz CT molecular complexity index is 516. The van der Waals surface area contributed by atoms with E-state index < -0.39 is 23.8 Å². The van der Waals surface area contributed by atoms with Gasteiger partial charge in [-0.15, -0.1) is 0 Å². The van der Waals surface area contributed by atoms with Crippen LogP contribution < -0.4 is 5.73 Å². The number of rotatable bonds is 7. The normalized spacial score (nSPS) is 12.8. The Hall–Kier alpha value is -2.23. The molecule has 1 atom stereocenters. The fourth-order valence-corrected chi connectivity index (χ4v) is 1.58. The van der Waals surface area contributed by atoms with Gasteiger partial charge in [0.1, 0.15) is 6.10 Å². The Kier molecular flexibility index (Phi) is 5.84. The van der Waals surface area contributed by atoms with Crippen LogP contribution in [0, 0.1) is 0 Å². The first-order chi connectivity index (χ1) is 9.43. The van der Waals surface area contributed by atoms with Crippen molar-refractivity contribution in [3.8, 4) is 0 Å². The van der Waals surface area contributed by atoms with Crippen LogP contribution in [0.2, 0.25) is 0 Å². The van der Waals surface area contributed by atoms with E-state index in [1.54, 1.807) is 13.8 Å². The molecule has 0 aliphatic heterocycles. The number of nitrogens with zero attached hydrogens (tertiary/aromatic N) is 3. The largest absolute Gasteiger partial charge is 0.476 e. The van der Waals surface area contributed by atoms with Gasteiger partial charge < -0.3 is 20.4 Å². The van der Waals surface area contributed by atoms with Gasteiger partial charge in [-0.25, -0.2) is 4.79 Å². The maximum atomic E-state index is 11.2. The Morgan fingerprint density at radius 3 is 2.75 bits per heavy atom. The molecule has 9 nitrogen and oxygen atoms in total. The van der Waals surface area contributed by atoms with Crippen LogP contribution in [0.15, 0.2) is 5.16 Å². The van der Waals surface area contributed by atoms with Gasteiger partial charge in [0.25, 0.3) is 0 Å². The van der Waals surface area contributed by atoms with Crippen LogP contribution in [0.5, 0.6) is 0 Å². The Morgan fingerprint density at radius 1 is 1.55 bits per heavy atom. The minimum atomic E-state index is -1.36. The highest BCUT2D eigenvalue weighted by Gasteiger charge is 2.20. The van der Waals surface area contributed by atoms with E-state index in [-0.39, 0.29) is 24.0 Å². The second kappa shape index (κ2) is 7.38. The first kappa shape index (κ1) is 15.8. The molecule has 20 heavy (non-hydrogen) atoms. The molecule has 0 spiro atoms. The number of ether oxygens (including phenoxy) is 1. The van der Waals surface area contributed by atoms with Gasteiger partial charge in [-0.2, -0.15) is 9.36 Å².